The molecule has 0 bridgehead atoms. The number of ether oxygens (including phenoxy) is 2. The zero-order valence-corrected chi connectivity index (χ0v) is 13.6. The molecule has 0 unspecified atom stereocenters. The first-order valence-corrected chi connectivity index (χ1v) is 7.64. The maximum absolute atomic E-state index is 12.7. The van der Waals surface area contributed by atoms with Crippen LogP contribution in [0, 0.1) is 5.92 Å². The molecule has 2 N–H and O–H groups in total. The summed E-state index contributed by atoms with van der Waals surface area (Å²) in [4.78, 5) is 12.7. The maximum Gasteiger partial charge on any atom is 0.253 e. The number of nitrogens with two attached hydrogens (primary N) is 1. The van der Waals surface area contributed by atoms with Crippen molar-refractivity contribution in [2.45, 2.75) is 6.92 Å². The molecule has 3 aromatic rings. The van der Waals surface area contributed by atoms with Crippen LogP contribution in [0.25, 0.3) is 10.9 Å². The molecule has 0 saturated carbocycles. The SMILES string of the molecule is COc1ccc2c(N)nn(C(=O)[C@H](C)COc3ccccc3)c2c1. The van der Waals surface area contributed by atoms with E-state index in [1.54, 1.807) is 32.2 Å². The van der Waals surface area contributed by atoms with Crippen LogP contribution in [0.2, 0.25) is 0 Å². The van der Waals surface area contributed by atoms with E-state index in [0.29, 0.717) is 17.1 Å². The first-order chi connectivity index (χ1) is 11.6. The standard InChI is InChI=1S/C18H19N3O3/c1-12(11-24-13-6-4-3-5-7-13)18(22)21-16-10-14(23-2)8-9-15(16)17(19)20-21/h3-10,12H,11H2,1-2H3,(H2,19,20)/t12-/m1/s1. The number of methoxy groups -OCH3 is 1. The first kappa shape index (κ1) is 15.9. The van der Waals surface area contributed by atoms with Gasteiger partial charge in [-0.15, -0.1) is 5.10 Å². The van der Waals surface area contributed by atoms with E-state index in [4.69, 9.17) is 15.2 Å². The molecule has 0 saturated heterocycles. The number of carbonyl (C=O) groups is 1. The quantitative estimate of drug-likeness (QED) is 0.780. The summed E-state index contributed by atoms with van der Waals surface area (Å²) in [6.45, 7) is 2.06. The molecule has 0 radical (unpaired) electrons. The summed E-state index contributed by atoms with van der Waals surface area (Å²) in [6.07, 6.45) is 0. The highest BCUT2D eigenvalue weighted by Crippen LogP contribution is 2.26. The van der Waals surface area contributed by atoms with Crippen molar-refractivity contribution in [2.75, 3.05) is 19.5 Å². The van der Waals surface area contributed by atoms with Crippen molar-refractivity contribution in [3.8, 4) is 11.5 Å². The predicted molar refractivity (Wildman–Crippen MR) is 92.4 cm³/mol. The number of nitrogen functional groups attached to an aromatic ring is 1. The van der Waals surface area contributed by atoms with E-state index < -0.39 is 0 Å². The average Bonchev–Trinajstić information content (AvgIpc) is 2.96. The Morgan fingerprint density at radius 1 is 1.21 bits per heavy atom. The van der Waals surface area contributed by atoms with E-state index in [1.807, 2.05) is 30.3 Å². The van der Waals surface area contributed by atoms with Crippen LogP contribution in [0.5, 0.6) is 11.5 Å². The minimum Gasteiger partial charge on any atom is -0.497 e. The van der Waals surface area contributed by atoms with Crippen molar-refractivity contribution in [1.29, 1.82) is 0 Å². The van der Waals surface area contributed by atoms with Crippen molar-refractivity contribution in [1.82, 2.24) is 9.78 Å². The van der Waals surface area contributed by atoms with Crippen LogP contribution in [0.3, 0.4) is 0 Å². The summed E-state index contributed by atoms with van der Waals surface area (Å²) in [6, 6.07) is 14.7. The molecule has 0 aliphatic heterocycles. The molecule has 0 spiro atoms. The summed E-state index contributed by atoms with van der Waals surface area (Å²) in [5, 5.41) is 4.90. The maximum atomic E-state index is 12.7. The third-order valence-corrected chi connectivity index (χ3v) is 3.79. The third-order valence-electron chi connectivity index (χ3n) is 3.79. The molecular formula is C18H19N3O3. The Bertz CT molecular complexity index is 859. The molecular weight excluding hydrogens is 306 g/mol. The number of anilines is 1. The fourth-order valence-electron chi connectivity index (χ4n) is 2.43. The smallest absolute Gasteiger partial charge is 0.253 e. The lowest BCUT2D eigenvalue weighted by Crippen LogP contribution is -2.25. The second-order valence-electron chi connectivity index (χ2n) is 5.54. The molecule has 1 aromatic heterocycles. The van der Waals surface area contributed by atoms with Crippen molar-refractivity contribution < 1.29 is 14.3 Å². The number of para-hydroxylation sites is 1. The third kappa shape index (κ3) is 3.03. The molecule has 24 heavy (non-hydrogen) atoms. The highest BCUT2D eigenvalue weighted by Gasteiger charge is 2.21. The van der Waals surface area contributed by atoms with Crippen molar-refractivity contribution in [2.24, 2.45) is 5.92 Å². The summed E-state index contributed by atoms with van der Waals surface area (Å²) >= 11 is 0. The van der Waals surface area contributed by atoms with Gasteiger partial charge in [0.15, 0.2) is 5.82 Å². The van der Waals surface area contributed by atoms with Crippen molar-refractivity contribution >= 4 is 22.6 Å². The average molecular weight is 325 g/mol. The van der Waals surface area contributed by atoms with Crippen LogP contribution in [0.15, 0.2) is 48.5 Å². The summed E-state index contributed by atoms with van der Waals surface area (Å²) < 4.78 is 12.2. The summed E-state index contributed by atoms with van der Waals surface area (Å²) in [5.74, 6) is 1.13. The van der Waals surface area contributed by atoms with Gasteiger partial charge in [0.1, 0.15) is 11.5 Å². The van der Waals surface area contributed by atoms with Gasteiger partial charge in [-0.25, -0.2) is 0 Å². The Morgan fingerprint density at radius 3 is 2.67 bits per heavy atom. The zero-order chi connectivity index (χ0) is 17.1. The van der Waals surface area contributed by atoms with Gasteiger partial charge in [0.2, 0.25) is 0 Å². The van der Waals surface area contributed by atoms with E-state index in [-0.39, 0.29) is 18.4 Å². The number of hydrogen-bond donors (Lipinski definition) is 1. The Hall–Kier alpha value is -3.02. The summed E-state index contributed by atoms with van der Waals surface area (Å²) in [7, 11) is 1.57. The van der Waals surface area contributed by atoms with Gasteiger partial charge in [-0.3, -0.25) is 4.79 Å². The van der Waals surface area contributed by atoms with Gasteiger partial charge >= 0.3 is 0 Å². The number of nitrogens with zero attached hydrogens (tertiary/aromatic N) is 2. The molecule has 6 nitrogen and oxygen atoms in total. The number of benzene rings is 2. The second kappa shape index (κ2) is 6.62. The van der Waals surface area contributed by atoms with Crippen LogP contribution in [-0.4, -0.2) is 29.4 Å². The Morgan fingerprint density at radius 2 is 1.96 bits per heavy atom. The first-order valence-electron chi connectivity index (χ1n) is 7.64. The molecule has 1 heterocycles. The Balaban J connectivity index is 1.82. The minimum atomic E-state index is -0.376. The highest BCUT2D eigenvalue weighted by molar-refractivity contribution is 5.97. The monoisotopic (exact) mass is 325 g/mol. The zero-order valence-electron chi connectivity index (χ0n) is 13.6. The number of carbonyl (C=O) groups excluding carboxylic acids is 1. The lowest BCUT2D eigenvalue weighted by atomic mass is 10.1. The molecule has 1 atom stereocenters. The predicted octanol–water partition coefficient (Wildman–Crippen LogP) is 2.98. The fraction of sp³-hybridized carbons (Fsp3) is 0.222. The molecule has 0 amide bonds. The van der Waals surface area contributed by atoms with E-state index in [1.165, 1.54) is 4.68 Å². The Labute approximate surface area is 139 Å². The molecule has 124 valence electrons. The topological polar surface area (TPSA) is 79.4 Å². The number of fused-ring (bicyclic) bond motifs is 1. The molecule has 3 rings (SSSR count). The van der Waals surface area contributed by atoms with Crippen molar-refractivity contribution in [3.63, 3.8) is 0 Å². The lowest BCUT2D eigenvalue weighted by Gasteiger charge is -2.12. The van der Waals surface area contributed by atoms with Gasteiger partial charge in [-0.2, -0.15) is 4.68 Å². The molecule has 0 aliphatic rings. The van der Waals surface area contributed by atoms with Crippen LogP contribution in [0.1, 0.15) is 11.7 Å². The molecule has 0 fully saturated rings. The van der Waals surface area contributed by atoms with Gasteiger partial charge < -0.3 is 15.2 Å². The number of rotatable bonds is 5. The van der Waals surface area contributed by atoms with Gasteiger partial charge in [0.05, 0.1) is 25.2 Å². The van der Waals surface area contributed by atoms with E-state index in [9.17, 15) is 4.79 Å². The number of hydrogen-bond acceptors (Lipinski definition) is 5. The van der Waals surface area contributed by atoms with Gasteiger partial charge in [-0.1, -0.05) is 25.1 Å². The summed E-state index contributed by atoms with van der Waals surface area (Å²) in [5.41, 5.74) is 6.54. The minimum absolute atomic E-state index is 0.180. The normalized spacial score (nSPS) is 12.1. The van der Waals surface area contributed by atoms with E-state index in [0.717, 1.165) is 11.1 Å². The van der Waals surface area contributed by atoms with Gasteiger partial charge in [-0.05, 0) is 24.3 Å². The largest absolute Gasteiger partial charge is 0.497 e. The van der Waals surface area contributed by atoms with Crippen LogP contribution < -0.4 is 15.2 Å². The van der Waals surface area contributed by atoms with E-state index in [2.05, 4.69) is 5.10 Å². The van der Waals surface area contributed by atoms with Gasteiger partial charge in [0.25, 0.3) is 5.91 Å². The highest BCUT2D eigenvalue weighted by atomic mass is 16.5. The lowest BCUT2D eigenvalue weighted by molar-refractivity contribution is 0.0792. The van der Waals surface area contributed by atoms with E-state index >= 15 is 0 Å². The van der Waals surface area contributed by atoms with Crippen LogP contribution in [-0.2, 0) is 0 Å². The molecule has 2 aromatic carbocycles. The Kier molecular flexibility index (Phi) is 4.37. The molecule has 6 heteroatoms. The fourth-order valence-corrected chi connectivity index (χ4v) is 2.43. The van der Waals surface area contributed by atoms with Crippen molar-refractivity contribution in [3.05, 3.63) is 48.5 Å². The van der Waals surface area contributed by atoms with Crippen LogP contribution >= 0.6 is 0 Å². The van der Waals surface area contributed by atoms with Gasteiger partial charge in [0, 0.05) is 11.5 Å². The molecule has 0 aliphatic carbocycles. The number of aromatic nitrogens is 2. The second-order valence-corrected chi connectivity index (χ2v) is 5.54. The van der Waals surface area contributed by atoms with Crippen LogP contribution in [0.4, 0.5) is 5.82 Å².